The first-order valence-corrected chi connectivity index (χ1v) is 6.39. The summed E-state index contributed by atoms with van der Waals surface area (Å²) in [5, 5.41) is 11.7. The van der Waals surface area contributed by atoms with E-state index in [-0.39, 0.29) is 5.91 Å². The number of carbonyl (C=O) groups excluding carboxylic acids is 1. The summed E-state index contributed by atoms with van der Waals surface area (Å²) in [5.74, 6) is -0.0523. The molecule has 2 aromatic rings. The van der Waals surface area contributed by atoms with E-state index in [0.29, 0.717) is 24.3 Å². The molecule has 1 aliphatic rings. The van der Waals surface area contributed by atoms with Crippen molar-refractivity contribution < 1.29 is 4.79 Å². The molecule has 0 fully saturated rings. The number of nitrogens with zero attached hydrogens (tertiary/aromatic N) is 2. The molecule has 0 radical (unpaired) electrons. The Hall–Kier alpha value is -2.80. The summed E-state index contributed by atoms with van der Waals surface area (Å²) in [4.78, 5) is 13.8. The summed E-state index contributed by atoms with van der Waals surface area (Å²) in [6.45, 7) is 1.00. The van der Waals surface area contributed by atoms with Gasteiger partial charge >= 0.3 is 0 Å². The number of fused-ring (bicyclic) bond motifs is 1. The van der Waals surface area contributed by atoms with E-state index >= 15 is 0 Å². The monoisotopic (exact) mass is 263 g/mol. The topological polar surface area (TPSA) is 56.1 Å². The largest absolute Gasteiger partial charge is 0.356 e. The molecule has 0 saturated carbocycles. The van der Waals surface area contributed by atoms with Crippen LogP contribution < -0.4 is 10.2 Å². The number of rotatable bonds is 2. The average molecular weight is 263 g/mol. The summed E-state index contributed by atoms with van der Waals surface area (Å²) in [6, 6.07) is 17.5. The Labute approximate surface area is 117 Å². The maximum absolute atomic E-state index is 11.8. The predicted octanol–water partition coefficient (Wildman–Crippen LogP) is 2.52. The van der Waals surface area contributed by atoms with Gasteiger partial charge in [-0.25, -0.2) is 0 Å². The van der Waals surface area contributed by atoms with E-state index in [9.17, 15) is 4.79 Å². The van der Waals surface area contributed by atoms with Gasteiger partial charge in [0.15, 0.2) is 0 Å². The molecule has 98 valence electrons. The summed E-state index contributed by atoms with van der Waals surface area (Å²) in [5.41, 5.74) is 3.35. The van der Waals surface area contributed by atoms with Crippen LogP contribution in [-0.4, -0.2) is 12.5 Å². The molecule has 4 heteroatoms. The van der Waals surface area contributed by atoms with Gasteiger partial charge in [0, 0.05) is 6.54 Å². The van der Waals surface area contributed by atoms with Gasteiger partial charge < -0.3 is 10.2 Å². The van der Waals surface area contributed by atoms with E-state index in [1.807, 2.05) is 41.3 Å². The van der Waals surface area contributed by atoms with Gasteiger partial charge in [0.05, 0.1) is 29.6 Å². The van der Waals surface area contributed by atoms with Crippen LogP contribution in [0.4, 0.5) is 11.4 Å². The van der Waals surface area contributed by atoms with Crippen LogP contribution in [0.1, 0.15) is 11.1 Å². The first-order valence-electron chi connectivity index (χ1n) is 6.39. The molecule has 1 aliphatic heterocycles. The summed E-state index contributed by atoms with van der Waals surface area (Å²) in [7, 11) is 0. The summed E-state index contributed by atoms with van der Waals surface area (Å²) >= 11 is 0. The molecule has 1 N–H and O–H groups in total. The summed E-state index contributed by atoms with van der Waals surface area (Å²) < 4.78 is 0. The normalized spacial score (nSPS) is 13.3. The molecule has 0 atom stereocenters. The highest BCUT2D eigenvalue weighted by Gasteiger charge is 2.22. The van der Waals surface area contributed by atoms with Crippen LogP contribution in [0.5, 0.6) is 0 Å². The second-order valence-electron chi connectivity index (χ2n) is 4.73. The molecule has 0 aromatic heterocycles. The van der Waals surface area contributed by atoms with Gasteiger partial charge in [-0.3, -0.25) is 4.79 Å². The van der Waals surface area contributed by atoms with E-state index < -0.39 is 0 Å². The minimum Gasteiger partial charge on any atom is -0.356 e. The van der Waals surface area contributed by atoms with Gasteiger partial charge in [0.25, 0.3) is 0 Å². The molecule has 0 aliphatic carbocycles. The minimum atomic E-state index is -0.0523. The van der Waals surface area contributed by atoms with Gasteiger partial charge in [-0.2, -0.15) is 5.26 Å². The van der Waals surface area contributed by atoms with Crippen LogP contribution in [0.3, 0.4) is 0 Å². The third-order valence-corrected chi connectivity index (χ3v) is 3.29. The zero-order valence-electron chi connectivity index (χ0n) is 10.8. The van der Waals surface area contributed by atoms with Crippen molar-refractivity contribution in [1.82, 2.24) is 0 Å². The lowest BCUT2D eigenvalue weighted by molar-refractivity contribution is -0.115. The van der Waals surface area contributed by atoms with E-state index in [0.717, 1.165) is 11.3 Å². The predicted molar refractivity (Wildman–Crippen MR) is 77.3 cm³/mol. The molecule has 0 unspecified atom stereocenters. The average Bonchev–Trinajstić information content (AvgIpc) is 2.47. The number of anilines is 2. The standard InChI is InChI=1S/C16H13N3O/c17-9-13-6-7-15-14(8-13)18-16(20)11-19(15)10-12-4-2-1-3-5-12/h1-8H,10-11H2,(H,18,20). The third-order valence-electron chi connectivity index (χ3n) is 3.29. The van der Waals surface area contributed by atoms with Crippen LogP contribution >= 0.6 is 0 Å². The van der Waals surface area contributed by atoms with Crippen molar-refractivity contribution in [2.24, 2.45) is 0 Å². The minimum absolute atomic E-state index is 0.0523. The van der Waals surface area contributed by atoms with Crippen LogP contribution in [0, 0.1) is 11.3 Å². The van der Waals surface area contributed by atoms with Gasteiger partial charge in [-0.1, -0.05) is 30.3 Å². The molecule has 0 spiro atoms. The van der Waals surface area contributed by atoms with Crippen molar-refractivity contribution in [3.63, 3.8) is 0 Å². The number of amides is 1. The highest BCUT2D eigenvalue weighted by Crippen LogP contribution is 2.31. The van der Waals surface area contributed by atoms with E-state index in [2.05, 4.69) is 11.4 Å². The van der Waals surface area contributed by atoms with Crippen molar-refractivity contribution in [3.8, 4) is 6.07 Å². The van der Waals surface area contributed by atoms with E-state index in [1.54, 1.807) is 12.1 Å². The third kappa shape index (κ3) is 2.34. The molecular weight excluding hydrogens is 250 g/mol. The molecule has 1 heterocycles. The lowest BCUT2D eigenvalue weighted by Gasteiger charge is -2.31. The number of carbonyl (C=O) groups is 1. The summed E-state index contributed by atoms with van der Waals surface area (Å²) in [6.07, 6.45) is 0. The lowest BCUT2D eigenvalue weighted by Crippen LogP contribution is -2.37. The van der Waals surface area contributed by atoms with Crippen LogP contribution in [0.15, 0.2) is 48.5 Å². The van der Waals surface area contributed by atoms with Gasteiger partial charge in [0.2, 0.25) is 5.91 Å². The van der Waals surface area contributed by atoms with Crippen LogP contribution in [0.25, 0.3) is 0 Å². The molecular formula is C16H13N3O. The molecule has 1 amide bonds. The maximum Gasteiger partial charge on any atom is 0.243 e. The Bertz CT molecular complexity index is 689. The number of nitrogens with one attached hydrogen (secondary N) is 1. The zero-order valence-corrected chi connectivity index (χ0v) is 10.8. The Kier molecular flexibility index (Phi) is 3.10. The molecule has 0 saturated heterocycles. The van der Waals surface area contributed by atoms with Crippen molar-refractivity contribution in [1.29, 1.82) is 5.26 Å². The number of hydrogen-bond donors (Lipinski definition) is 1. The van der Waals surface area contributed by atoms with Crippen LogP contribution in [0.2, 0.25) is 0 Å². The number of benzene rings is 2. The van der Waals surface area contributed by atoms with Gasteiger partial charge in [-0.05, 0) is 23.8 Å². The fourth-order valence-electron chi connectivity index (χ4n) is 2.37. The Balaban J connectivity index is 1.94. The van der Waals surface area contributed by atoms with Gasteiger partial charge in [-0.15, -0.1) is 0 Å². The SMILES string of the molecule is N#Cc1ccc2c(c1)NC(=O)CN2Cc1ccccc1. The molecule has 2 aromatic carbocycles. The van der Waals surface area contributed by atoms with E-state index in [4.69, 9.17) is 5.26 Å². The zero-order chi connectivity index (χ0) is 13.9. The van der Waals surface area contributed by atoms with Crippen molar-refractivity contribution in [2.75, 3.05) is 16.8 Å². The second-order valence-corrected chi connectivity index (χ2v) is 4.73. The highest BCUT2D eigenvalue weighted by molar-refractivity contribution is 6.01. The fourth-order valence-corrected chi connectivity index (χ4v) is 2.37. The lowest BCUT2D eigenvalue weighted by atomic mass is 10.1. The quantitative estimate of drug-likeness (QED) is 0.905. The molecule has 20 heavy (non-hydrogen) atoms. The van der Waals surface area contributed by atoms with Crippen molar-refractivity contribution >= 4 is 17.3 Å². The van der Waals surface area contributed by atoms with Crippen LogP contribution in [-0.2, 0) is 11.3 Å². The van der Waals surface area contributed by atoms with E-state index in [1.165, 1.54) is 0 Å². The van der Waals surface area contributed by atoms with Crippen molar-refractivity contribution in [2.45, 2.75) is 6.54 Å². The molecule has 0 bridgehead atoms. The fraction of sp³-hybridized carbons (Fsp3) is 0.125. The van der Waals surface area contributed by atoms with Gasteiger partial charge in [0.1, 0.15) is 0 Å². The first kappa shape index (κ1) is 12.2. The smallest absolute Gasteiger partial charge is 0.243 e. The highest BCUT2D eigenvalue weighted by atomic mass is 16.2. The van der Waals surface area contributed by atoms with Crippen molar-refractivity contribution in [3.05, 3.63) is 59.7 Å². The number of hydrogen-bond acceptors (Lipinski definition) is 3. The Morgan fingerprint density at radius 1 is 1.20 bits per heavy atom. The number of nitriles is 1. The second kappa shape index (κ2) is 5.06. The Morgan fingerprint density at radius 2 is 2.00 bits per heavy atom. The Morgan fingerprint density at radius 3 is 2.75 bits per heavy atom. The first-order chi connectivity index (χ1) is 9.76. The maximum atomic E-state index is 11.8. The molecule has 3 rings (SSSR count). The molecule has 4 nitrogen and oxygen atoms in total.